The van der Waals surface area contributed by atoms with Crippen molar-refractivity contribution in [1.82, 2.24) is 0 Å². The molecule has 3 rings (SSSR count). The zero-order chi connectivity index (χ0) is 13.4. The van der Waals surface area contributed by atoms with E-state index in [0.29, 0.717) is 5.69 Å². The van der Waals surface area contributed by atoms with E-state index in [1.54, 1.807) is 18.2 Å². The van der Waals surface area contributed by atoms with Crippen LogP contribution in [0.3, 0.4) is 0 Å². The van der Waals surface area contributed by atoms with Gasteiger partial charge in [-0.25, -0.2) is 4.79 Å². The maximum Gasteiger partial charge on any atom is 0.337 e. The molecule has 0 amide bonds. The maximum atomic E-state index is 10.9. The van der Waals surface area contributed by atoms with Crippen molar-refractivity contribution in [3.05, 3.63) is 23.8 Å². The molecule has 2 aliphatic carbocycles. The minimum Gasteiger partial charge on any atom is -0.478 e. The summed E-state index contributed by atoms with van der Waals surface area (Å²) in [5.41, 5.74) is 7.18. The fraction of sp³-hybridized carbons (Fsp3) is 0.533. The third-order valence-corrected chi connectivity index (χ3v) is 4.28. The van der Waals surface area contributed by atoms with Crippen molar-refractivity contribution in [2.24, 2.45) is 17.8 Å². The first kappa shape index (κ1) is 12.3. The zero-order valence-corrected chi connectivity index (χ0v) is 10.9. The first-order chi connectivity index (χ1) is 9.15. The van der Waals surface area contributed by atoms with E-state index >= 15 is 0 Å². The number of nitrogens with one attached hydrogen (secondary N) is 1. The number of hydrogen-bond acceptors (Lipinski definition) is 3. The van der Waals surface area contributed by atoms with E-state index in [1.807, 2.05) is 0 Å². The highest BCUT2D eigenvalue weighted by Gasteiger charge is 2.40. The van der Waals surface area contributed by atoms with Crippen LogP contribution in [0.25, 0.3) is 0 Å². The Morgan fingerprint density at radius 2 is 1.95 bits per heavy atom. The van der Waals surface area contributed by atoms with Gasteiger partial charge in [0, 0.05) is 17.9 Å². The van der Waals surface area contributed by atoms with Gasteiger partial charge in [-0.2, -0.15) is 0 Å². The molecular formula is C15H20N2O2. The lowest BCUT2D eigenvalue weighted by Gasteiger charge is -2.17. The molecule has 4 heteroatoms. The van der Waals surface area contributed by atoms with E-state index < -0.39 is 5.97 Å². The summed E-state index contributed by atoms with van der Waals surface area (Å²) in [4.78, 5) is 10.9. The Kier molecular flexibility index (Phi) is 3.09. The fourth-order valence-electron chi connectivity index (χ4n) is 2.87. The van der Waals surface area contributed by atoms with E-state index in [9.17, 15) is 4.79 Å². The summed E-state index contributed by atoms with van der Waals surface area (Å²) in [6, 6.07) is 5.10. The Labute approximate surface area is 113 Å². The smallest absolute Gasteiger partial charge is 0.337 e. The van der Waals surface area contributed by atoms with Crippen LogP contribution in [0.5, 0.6) is 0 Å². The Morgan fingerprint density at radius 1 is 1.32 bits per heavy atom. The quantitative estimate of drug-likeness (QED) is 0.687. The molecule has 0 heterocycles. The maximum absolute atomic E-state index is 10.9. The number of nitrogen functional groups attached to an aromatic ring is 1. The molecule has 0 radical (unpaired) electrons. The lowest BCUT2D eigenvalue weighted by atomic mass is 9.98. The number of hydrogen-bond donors (Lipinski definition) is 3. The van der Waals surface area contributed by atoms with Crippen LogP contribution in [0.1, 0.15) is 36.0 Å². The highest BCUT2D eigenvalue weighted by atomic mass is 16.4. The van der Waals surface area contributed by atoms with Gasteiger partial charge in [0.15, 0.2) is 0 Å². The molecular weight excluding hydrogens is 240 g/mol. The topological polar surface area (TPSA) is 75.3 Å². The molecule has 0 atom stereocenters. The predicted octanol–water partition coefficient (Wildman–Crippen LogP) is 2.82. The molecule has 0 aliphatic heterocycles. The number of nitrogens with two attached hydrogens (primary N) is 1. The largest absolute Gasteiger partial charge is 0.478 e. The van der Waals surface area contributed by atoms with Crippen LogP contribution >= 0.6 is 0 Å². The Morgan fingerprint density at radius 3 is 2.42 bits per heavy atom. The van der Waals surface area contributed by atoms with Gasteiger partial charge in [0.1, 0.15) is 0 Å². The van der Waals surface area contributed by atoms with E-state index in [-0.39, 0.29) is 5.56 Å². The first-order valence-electron chi connectivity index (χ1n) is 7.02. The molecule has 19 heavy (non-hydrogen) atoms. The molecule has 0 saturated heterocycles. The number of rotatable bonds is 6. The third kappa shape index (κ3) is 2.83. The van der Waals surface area contributed by atoms with Crippen molar-refractivity contribution >= 4 is 17.3 Å². The van der Waals surface area contributed by atoms with Crippen LogP contribution in [-0.4, -0.2) is 17.6 Å². The van der Waals surface area contributed by atoms with E-state index in [0.717, 1.165) is 30.0 Å². The van der Waals surface area contributed by atoms with Crippen LogP contribution in [0, 0.1) is 17.8 Å². The highest BCUT2D eigenvalue weighted by molar-refractivity contribution is 5.94. The summed E-state index contributed by atoms with van der Waals surface area (Å²) in [6.07, 6.45) is 5.51. The minimum absolute atomic E-state index is 0.173. The lowest BCUT2D eigenvalue weighted by molar-refractivity contribution is 0.0698. The summed E-state index contributed by atoms with van der Waals surface area (Å²) in [6.45, 7) is 0.987. The molecule has 4 N–H and O–H groups in total. The normalized spacial score (nSPS) is 18.6. The van der Waals surface area contributed by atoms with Crippen molar-refractivity contribution in [2.75, 3.05) is 17.6 Å². The number of carboxylic acid groups (broad SMARTS) is 1. The van der Waals surface area contributed by atoms with Gasteiger partial charge in [-0.1, -0.05) is 0 Å². The molecule has 0 bridgehead atoms. The summed E-state index contributed by atoms with van der Waals surface area (Å²) in [5, 5.41) is 12.4. The number of benzene rings is 1. The van der Waals surface area contributed by atoms with Crippen molar-refractivity contribution in [2.45, 2.75) is 25.7 Å². The van der Waals surface area contributed by atoms with Gasteiger partial charge in [0.05, 0.1) is 5.56 Å². The van der Waals surface area contributed by atoms with Gasteiger partial charge in [0.25, 0.3) is 0 Å². The van der Waals surface area contributed by atoms with Crippen LogP contribution in [0.4, 0.5) is 11.4 Å². The molecule has 1 aromatic carbocycles. The molecule has 1 aromatic rings. The van der Waals surface area contributed by atoms with Gasteiger partial charge < -0.3 is 16.2 Å². The third-order valence-electron chi connectivity index (χ3n) is 4.28. The van der Waals surface area contributed by atoms with Crippen molar-refractivity contribution < 1.29 is 9.90 Å². The van der Waals surface area contributed by atoms with Crippen molar-refractivity contribution in [3.63, 3.8) is 0 Å². The second kappa shape index (κ2) is 4.76. The van der Waals surface area contributed by atoms with E-state index in [2.05, 4.69) is 5.32 Å². The molecule has 4 nitrogen and oxygen atoms in total. The van der Waals surface area contributed by atoms with Gasteiger partial charge in [-0.05, 0) is 61.6 Å². The van der Waals surface area contributed by atoms with Crippen molar-refractivity contribution in [1.29, 1.82) is 0 Å². The molecule has 2 saturated carbocycles. The number of carboxylic acids is 1. The molecule has 0 unspecified atom stereocenters. The van der Waals surface area contributed by atoms with E-state index in [1.165, 1.54) is 25.7 Å². The Bertz CT molecular complexity index is 481. The summed E-state index contributed by atoms with van der Waals surface area (Å²) >= 11 is 0. The second-order valence-corrected chi connectivity index (χ2v) is 5.83. The number of aromatic carboxylic acids is 1. The summed E-state index contributed by atoms with van der Waals surface area (Å²) in [7, 11) is 0. The van der Waals surface area contributed by atoms with Crippen LogP contribution in [0.15, 0.2) is 18.2 Å². The van der Waals surface area contributed by atoms with Crippen molar-refractivity contribution in [3.8, 4) is 0 Å². The minimum atomic E-state index is -0.974. The SMILES string of the molecule is Nc1cc(NCC(C2CC2)C2CC2)ccc1C(=O)O. The molecule has 2 aliphatic rings. The lowest BCUT2D eigenvalue weighted by Crippen LogP contribution is -2.18. The van der Waals surface area contributed by atoms with E-state index in [4.69, 9.17) is 10.8 Å². The highest BCUT2D eigenvalue weighted by Crippen LogP contribution is 2.49. The van der Waals surface area contributed by atoms with Gasteiger partial charge >= 0.3 is 5.97 Å². The molecule has 0 spiro atoms. The molecule has 102 valence electrons. The Balaban J connectivity index is 1.63. The second-order valence-electron chi connectivity index (χ2n) is 5.83. The number of carbonyl (C=O) groups is 1. The fourth-order valence-corrected chi connectivity index (χ4v) is 2.87. The Hall–Kier alpha value is -1.71. The molecule has 0 aromatic heterocycles. The zero-order valence-electron chi connectivity index (χ0n) is 10.9. The number of anilines is 2. The van der Waals surface area contributed by atoms with Gasteiger partial charge in [0.2, 0.25) is 0 Å². The van der Waals surface area contributed by atoms with Crippen LogP contribution in [-0.2, 0) is 0 Å². The van der Waals surface area contributed by atoms with Crippen LogP contribution < -0.4 is 11.1 Å². The van der Waals surface area contributed by atoms with Gasteiger partial charge in [-0.3, -0.25) is 0 Å². The summed E-state index contributed by atoms with van der Waals surface area (Å²) in [5.74, 6) is 1.64. The predicted molar refractivity (Wildman–Crippen MR) is 75.2 cm³/mol. The standard InChI is InChI=1S/C15H20N2O2/c16-14-7-11(5-6-12(14)15(18)19)17-8-13(9-1-2-9)10-3-4-10/h5-7,9-10,13,17H,1-4,8,16H2,(H,18,19). The van der Waals surface area contributed by atoms with Gasteiger partial charge in [-0.15, -0.1) is 0 Å². The monoisotopic (exact) mass is 260 g/mol. The average molecular weight is 260 g/mol. The average Bonchev–Trinajstić information content (AvgIpc) is 3.23. The summed E-state index contributed by atoms with van der Waals surface area (Å²) < 4.78 is 0. The first-order valence-corrected chi connectivity index (χ1v) is 7.02. The van der Waals surface area contributed by atoms with Crippen LogP contribution in [0.2, 0.25) is 0 Å². The molecule has 2 fully saturated rings.